The lowest BCUT2D eigenvalue weighted by Crippen LogP contribution is -2.18. The van der Waals surface area contributed by atoms with E-state index in [1.54, 1.807) is 13.8 Å². The van der Waals surface area contributed by atoms with Gasteiger partial charge in [0.15, 0.2) is 0 Å². The van der Waals surface area contributed by atoms with Gasteiger partial charge in [-0.25, -0.2) is 4.79 Å². The van der Waals surface area contributed by atoms with Gasteiger partial charge in [0.25, 0.3) is 0 Å². The molecule has 2 rings (SSSR count). The number of aliphatic hydroxyl groups excluding tert-OH is 1. The average molecular weight is 288 g/mol. The van der Waals surface area contributed by atoms with Gasteiger partial charge in [-0.3, -0.25) is 4.98 Å². The normalized spacial score (nSPS) is 12.2. The molecule has 0 saturated carbocycles. The van der Waals surface area contributed by atoms with Crippen molar-refractivity contribution in [3.05, 3.63) is 35.5 Å². The largest absolute Gasteiger partial charge is 0.462 e. The van der Waals surface area contributed by atoms with Gasteiger partial charge in [-0.15, -0.1) is 0 Å². The SMILES string of the molecule is CCOC(=O)c1cnc2c(C)cccc2c1NC[C@@H](C)O. The van der Waals surface area contributed by atoms with E-state index < -0.39 is 12.1 Å². The number of esters is 1. The van der Waals surface area contributed by atoms with Crippen LogP contribution in [-0.2, 0) is 4.74 Å². The van der Waals surface area contributed by atoms with Crippen molar-refractivity contribution < 1.29 is 14.6 Å². The van der Waals surface area contributed by atoms with Crippen molar-refractivity contribution in [2.45, 2.75) is 26.9 Å². The second kappa shape index (κ2) is 6.54. The molecule has 0 aliphatic carbocycles. The van der Waals surface area contributed by atoms with E-state index in [1.165, 1.54) is 6.20 Å². The highest BCUT2D eigenvalue weighted by molar-refractivity contribution is 6.05. The maximum atomic E-state index is 12.1. The maximum Gasteiger partial charge on any atom is 0.341 e. The summed E-state index contributed by atoms with van der Waals surface area (Å²) in [5.41, 5.74) is 2.90. The van der Waals surface area contributed by atoms with Crippen molar-refractivity contribution in [2.75, 3.05) is 18.5 Å². The van der Waals surface area contributed by atoms with Gasteiger partial charge in [0.2, 0.25) is 0 Å². The molecule has 0 spiro atoms. The number of ether oxygens (including phenoxy) is 1. The molecule has 2 N–H and O–H groups in total. The zero-order valence-electron chi connectivity index (χ0n) is 12.5. The molecule has 1 atom stereocenters. The molecule has 1 aromatic carbocycles. The molecule has 0 fully saturated rings. The van der Waals surface area contributed by atoms with Crippen molar-refractivity contribution in [2.24, 2.45) is 0 Å². The highest BCUT2D eigenvalue weighted by Gasteiger charge is 2.17. The van der Waals surface area contributed by atoms with E-state index in [4.69, 9.17) is 4.74 Å². The second-order valence-electron chi connectivity index (χ2n) is 4.97. The fraction of sp³-hybridized carbons (Fsp3) is 0.375. The Hall–Kier alpha value is -2.14. The van der Waals surface area contributed by atoms with Crippen LogP contribution >= 0.6 is 0 Å². The monoisotopic (exact) mass is 288 g/mol. The summed E-state index contributed by atoms with van der Waals surface area (Å²) in [5, 5.41) is 13.5. The Morgan fingerprint density at radius 1 is 1.48 bits per heavy atom. The molecular weight excluding hydrogens is 268 g/mol. The summed E-state index contributed by atoms with van der Waals surface area (Å²) in [5.74, 6) is -0.415. The molecule has 0 aliphatic rings. The number of anilines is 1. The lowest BCUT2D eigenvalue weighted by molar-refractivity contribution is 0.0527. The van der Waals surface area contributed by atoms with Gasteiger partial charge < -0.3 is 15.2 Å². The predicted molar refractivity (Wildman–Crippen MR) is 82.6 cm³/mol. The van der Waals surface area contributed by atoms with Crippen LogP contribution < -0.4 is 5.32 Å². The van der Waals surface area contributed by atoms with E-state index >= 15 is 0 Å². The van der Waals surface area contributed by atoms with E-state index in [9.17, 15) is 9.90 Å². The lowest BCUT2D eigenvalue weighted by atomic mass is 10.1. The van der Waals surface area contributed by atoms with Crippen molar-refractivity contribution in [3.63, 3.8) is 0 Å². The number of aromatic nitrogens is 1. The number of pyridine rings is 1. The van der Waals surface area contributed by atoms with E-state index in [0.717, 1.165) is 16.5 Å². The number of nitrogens with zero attached hydrogens (tertiary/aromatic N) is 1. The van der Waals surface area contributed by atoms with Crippen LogP contribution in [-0.4, -0.2) is 35.3 Å². The molecule has 21 heavy (non-hydrogen) atoms. The summed E-state index contributed by atoms with van der Waals surface area (Å²) < 4.78 is 5.07. The van der Waals surface area contributed by atoms with Gasteiger partial charge in [-0.05, 0) is 26.3 Å². The van der Waals surface area contributed by atoms with Gasteiger partial charge in [-0.2, -0.15) is 0 Å². The molecule has 0 bridgehead atoms. The Kier molecular flexibility index (Phi) is 4.75. The topological polar surface area (TPSA) is 71.5 Å². The molecule has 1 heterocycles. The third kappa shape index (κ3) is 3.31. The fourth-order valence-electron chi connectivity index (χ4n) is 2.17. The molecule has 1 aromatic heterocycles. The van der Waals surface area contributed by atoms with Crippen LogP contribution in [0.5, 0.6) is 0 Å². The van der Waals surface area contributed by atoms with Crippen LogP contribution in [0, 0.1) is 6.92 Å². The van der Waals surface area contributed by atoms with Gasteiger partial charge >= 0.3 is 5.97 Å². The Labute approximate surface area is 124 Å². The molecule has 0 unspecified atom stereocenters. The molecular formula is C16H20N2O3. The second-order valence-corrected chi connectivity index (χ2v) is 4.97. The average Bonchev–Trinajstić information content (AvgIpc) is 2.45. The Morgan fingerprint density at radius 2 is 2.24 bits per heavy atom. The van der Waals surface area contributed by atoms with E-state index in [2.05, 4.69) is 10.3 Å². The zero-order valence-corrected chi connectivity index (χ0v) is 12.5. The van der Waals surface area contributed by atoms with E-state index in [-0.39, 0.29) is 0 Å². The quantitative estimate of drug-likeness (QED) is 0.827. The van der Waals surface area contributed by atoms with Gasteiger partial charge in [-0.1, -0.05) is 18.2 Å². The minimum atomic E-state index is -0.520. The molecule has 5 heteroatoms. The van der Waals surface area contributed by atoms with Crippen LogP contribution in [0.2, 0.25) is 0 Å². The number of rotatable bonds is 5. The number of benzene rings is 1. The van der Waals surface area contributed by atoms with Gasteiger partial charge in [0, 0.05) is 18.1 Å². The number of aliphatic hydroxyl groups is 1. The highest BCUT2D eigenvalue weighted by Crippen LogP contribution is 2.28. The minimum Gasteiger partial charge on any atom is -0.462 e. The number of carbonyl (C=O) groups is 1. The predicted octanol–water partition coefficient (Wildman–Crippen LogP) is 2.51. The fourth-order valence-corrected chi connectivity index (χ4v) is 2.17. The van der Waals surface area contributed by atoms with Crippen molar-refractivity contribution in [3.8, 4) is 0 Å². The molecule has 2 aromatic rings. The smallest absolute Gasteiger partial charge is 0.341 e. The van der Waals surface area contributed by atoms with Crippen molar-refractivity contribution in [1.29, 1.82) is 0 Å². The number of para-hydroxylation sites is 1. The summed E-state index contributed by atoms with van der Waals surface area (Å²) in [6.07, 6.45) is 1.01. The van der Waals surface area contributed by atoms with Crippen LogP contribution in [0.15, 0.2) is 24.4 Å². The Bertz CT molecular complexity index is 653. The number of hydrogen-bond acceptors (Lipinski definition) is 5. The first-order chi connectivity index (χ1) is 10.0. The number of nitrogens with one attached hydrogen (secondary N) is 1. The molecule has 0 aliphatic heterocycles. The van der Waals surface area contributed by atoms with Gasteiger partial charge in [0.05, 0.1) is 23.9 Å². The number of carbonyl (C=O) groups excluding carboxylic acids is 1. The number of fused-ring (bicyclic) bond motifs is 1. The minimum absolute atomic E-state index is 0.306. The van der Waals surface area contributed by atoms with E-state index in [1.807, 2.05) is 25.1 Å². The molecule has 0 radical (unpaired) electrons. The van der Waals surface area contributed by atoms with Crippen molar-refractivity contribution >= 4 is 22.6 Å². The first-order valence-corrected chi connectivity index (χ1v) is 7.02. The zero-order chi connectivity index (χ0) is 15.4. The lowest BCUT2D eigenvalue weighted by Gasteiger charge is -2.15. The van der Waals surface area contributed by atoms with Crippen LogP contribution in [0.4, 0.5) is 5.69 Å². The molecule has 0 amide bonds. The van der Waals surface area contributed by atoms with E-state index in [0.29, 0.717) is 24.4 Å². The third-order valence-electron chi connectivity index (χ3n) is 3.17. The van der Waals surface area contributed by atoms with Crippen molar-refractivity contribution in [1.82, 2.24) is 4.98 Å². The van der Waals surface area contributed by atoms with Crippen LogP contribution in [0.1, 0.15) is 29.8 Å². The standard InChI is InChI=1S/C16H20N2O3/c1-4-21-16(20)13-9-18-14-10(2)6-5-7-12(14)15(13)17-8-11(3)19/h5-7,9,11,19H,4,8H2,1-3H3,(H,17,18)/t11-/m1/s1. The van der Waals surface area contributed by atoms with Crippen LogP contribution in [0.3, 0.4) is 0 Å². The van der Waals surface area contributed by atoms with Gasteiger partial charge in [0.1, 0.15) is 5.56 Å². The summed E-state index contributed by atoms with van der Waals surface area (Å²) in [6, 6.07) is 5.79. The Balaban J connectivity index is 2.56. The third-order valence-corrected chi connectivity index (χ3v) is 3.17. The number of aryl methyl sites for hydroxylation is 1. The molecule has 112 valence electrons. The van der Waals surface area contributed by atoms with Crippen LogP contribution in [0.25, 0.3) is 10.9 Å². The summed E-state index contributed by atoms with van der Waals surface area (Å²) in [6.45, 7) is 6.07. The summed E-state index contributed by atoms with van der Waals surface area (Å²) in [7, 11) is 0. The number of hydrogen-bond donors (Lipinski definition) is 2. The maximum absolute atomic E-state index is 12.1. The first-order valence-electron chi connectivity index (χ1n) is 7.02. The summed E-state index contributed by atoms with van der Waals surface area (Å²) in [4.78, 5) is 16.4. The summed E-state index contributed by atoms with van der Waals surface area (Å²) >= 11 is 0. The first kappa shape index (κ1) is 15.3. The Morgan fingerprint density at radius 3 is 2.90 bits per heavy atom. The highest BCUT2D eigenvalue weighted by atomic mass is 16.5. The molecule has 0 saturated heterocycles. The molecule has 5 nitrogen and oxygen atoms in total.